The molecule has 2 N–H and O–H groups in total. The molecule has 0 saturated carbocycles. The highest BCUT2D eigenvalue weighted by Crippen LogP contribution is 2.27. The van der Waals surface area contributed by atoms with Crippen molar-refractivity contribution in [2.24, 2.45) is 0 Å². The number of aromatic nitrogens is 3. The average molecular weight is 315 g/mol. The zero-order chi connectivity index (χ0) is 14.7. The summed E-state index contributed by atoms with van der Waals surface area (Å²) < 4.78 is 1.50. The Hall–Kier alpha value is -1.63. The number of halogens is 2. The van der Waals surface area contributed by atoms with Crippen LogP contribution in [0.3, 0.4) is 0 Å². The standard InChI is InChI=1S/C12H12Cl2N4O2/c1-7(12(19)20)15-5-8-6-18(17-16-8)10-4-2-3-9(13)11(10)14/h2-4,6-7,15H,5H2,1H3,(H,19,20)/t7-/m0/s1. The molecule has 0 fully saturated rings. The molecule has 0 saturated heterocycles. The molecule has 6 nitrogen and oxygen atoms in total. The van der Waals surface area contributed by atoms with Crippen LogP contribution in [0.15, 0.2) is 24.4 Å². The van der Waals surface area contributed by atoms with Gasteiger partial charge in [-0.2, -0.15) is 0 Å². The average Bonchev–Trinajstić information content (AvgIpc) is 2.87. The maximum atomic E-state index is 10.7. The second-order valence-electron chi connectivity index (χ2n) is 4.17. The van der Waals surface area contributed by atoms with E-state index in [1.54, 1.807) is 31.3 Å². The van der Waals surface area contributed by atoms with Crippen molar-refractivity contribution in [3.8, 4) is 5.69 Å². The lowest BCUT2D eigenvalue weighted by Crippen LogP contribution is -2.33. The van der Waals surface area contributed by atoms with Crippen LogP contribution in [0.25, 0.3) is 5.69 Å². The fourth-order valence-electron chi connectivity index (χ4n) is 1.51. The smallest absolute Gasteiger partial charge is 0.320 e. The number of benzene rings is 1. The molecule has 0 aliphatic rings. The van der Waals surface area contributed by atoms with E-state index in [9.17, 15) is 4.79 Å². The Bertz CT molecular complexity index is 630. The SMILES string of the molecule is C[C@H](NCc1cn(-c2cccc(Cl)c2Cl)nn1)C(=O)O. The summed E-state index contributed by atoms with van der Waals surface area (Å²) in [6.45, 7) is 1.85. The Morgan fingerprint density at radius 3 is 2.95 bits per heavy atom. The van der Waals surface area contributed by atoms with E-state index in [1.165, 1.54) is 4.68 Å². The van der Waals surface area contributed by atoms with Gasteiger partial charge in [-0.3, -0.25) is 10.1 Å². The highest BCUT2D eigenvalue weighted by Gasteiger charge is 2.12. The van der Waals surface area contributed by atoms with Crippen LogP contribution in [-0.2, 0) is 11.3 Å². The number of carbonyl (C=O) groups is 1. The number of aliphatic carboxylic acids is 1. The number of nitrogens with zero attached hydrogens (tertiary/aromatic N) is 3. The molecule has 0 unspecified atom stereocenters. The van der Waals surface area contributed by atoms with E-state index in [2.05, 4.69) is 15.6 Å². The molecule has 20 heavy (non-hydrogen) atoms. The summed E-state index contributed by atoms with van der Waals surface area (Å²) in [5, 5.41) is 20.3. The molecule has 1 heterocycles. The summed E-state index contributed by atoms with van der Waals surface area (Å²) in [6, 6.07) is 4.55. The lowest BCUT2D eigenvalue weighted by atomic mass is 10.3. The van der Waals surface area contributed by atoms with Gasteiger partial charge in [0.05, 0.1) is 27.6 Å². The second-order valence-corrected chi connectivity index (χ2v) is 4.95. The first kappa shape index (κ1) is 14.8. The zero-order valence-corrected chi connectivity index (χ0v) is 12.1. The molecule has 1 aromatic carbocycles. The van der Waals surface area contributed by atoms with Crippen molar-refractivity contribution < 1.29 is 9.90 Å². The number of carboxylic acid groups (broad SMARTS) is 1. The van der Waals surface area contributed by atoms with Gasteiger partial charge in [-0.1, -0.05) is 34.5 Å². The van der Waals surface area contributed by atoms with E-state index in [4.69, 9.17) is 28.3 Å². The van der Waals surface area contributed by atoms with Crippen LogP contribution in [0.5, 0.6) is 0 Å². The Morgan fingerprint density at radius 2 is 2.25 bits per heavy atom. The fraction of sp³-hybridized carbons (Fsp3) is 0.250. The maximum absolute atomic E-state index is 10.7. The third kappa shape index (κ3) is 3.27. The van der Waals surface area contributed by atoms with Crippen LogP contribution in [0.1, 0.15) is 12.6 Å². The number of nitrogens with one attached hydrogen (secondary N) is 1. The van der Waals surface area contributed by atoms with Gasteiger partial charge in [0.15, 0.2) is 0 Å². The van der Waals surface area contributed by atoms with Crippen molar-refractivity contribution in [1.82, 2.24) is 20.3 Å². The van der Waals surface area contributed by atoms with Gasteiger partial charge in [0.1, 0.15) is 6.04 Å². The molecule has 0 aliphatic carbocycles. The molecule has 106 valence electrons. The van der Waals surface area contributed by atoms with Crippen LogP contribution in [0.4, 0.5) is 0 Å². The van der Waals surface area contributed by atoms with Crippen LogP contribution in [-0.4, -0.2) is 32.1 Å². The third-order valence-electron chi connectivity index (χ3n) is 2.68. The molecule has 1 atom stereocenters. The summed E-state index contributed by atoms with van der Waals surface area (Å²) in [5.41, 5.74) is 1.22. The highest BCUT2D eigenvalue weighted by atomic mass is 35.5. The largest absolute Gasteiger partial charge is 0.480 e. The van der Waals surface area contributed by atoms with Crippen LogP contribution in [0, 0.1) is 0 Å². The summed E-state index contributed by atoms with van der Waals surface area (Å²) in [6.07, 6.45) is 1.67. The van der Waals surface area contributed by atoms with Gasteiger partial charge < -0.3 is 5.11 Å². The van der Waals surface area contributed by atoms with Gasteiger partial charge in [0, 0.05) is 6.54 Å². The minimum Gasteiger partial charge on any atom is -0.480 e. The molecule has 8 heteroatoms. The van der Waals surface area contributed by atoms with E-state index >= 15 is 0 Å². The summed E-state index contributed by atoms with van der Waals surface area (Å²) >= 11 is 12.0. The van der Waals surface area contributed by atoms with Gasteiger partial charge in [0.25, 0.3) is 0 Å². The van der Waals surface area contributed by atoms with Gasteiger partial charge in [-0.15, -0.1) is 5.10 Å². The van der Waals surface area contributed by atoms with Crippen molar-refractivity contribution in [3.05, 3.63) is 40.1 Å². The quantitative estimate of drug-likeness (QED) is 0.883. The minimum absolute atomic E-state index is 0.297. The van der Waals surface area contributed by atoms with Crippen LogP contribution in [0.2, 0.25) is 10.0 Å². The molecule has 0 amide bonds. The molecule has 0 radical (unpaired) electrons. The summed E-state index contributed by atoms with van der Waals surface area (Å²) in [5.74, 6) is -0.921. The fourth-order valence-corrected chi connectivity index (χ4v) is 1.89. The number of hydrogen-bond acceptors (Lipinski definition) is 4. The van der Waals surface area contributed by atoms with Gasteiger partial charge in [-0.25, -0.2) is 4.68 Å². The molecular formula is C12H12Cl2N4O2. The molecule has 1 aromatic heterocycles. The van der Waals surface area contributed by atoms with Crippen molar-refractivity contribution >= 4 is 29.2 Å². The van der Waals surface area contributed by atoms with Crippen molar-refractivity contribution in [2.45, 2.75) is 19.5 Å². The Morgan fingerprint density at radius 1 is 1.50 bits per heavy atom. The van der Waals surface area contributed by atoms with Crippen molar-refractivity contribution in [1.29, 1.82) is 0 Å². The van der Waals surface area contributed by atoms with E-state index < -0.39 is 12.0 Å². The van der Waals surface area contributed by atoms with Crippen LogP contribution >= 0.6 is 23.2 Å². The molecule has 0 aliphatic heterocycles. The maximum Gasteiger partial charge on any atom is 0.320 e. The lowest BCUT2D eigenvalue weighted by molar-refractivity contribution is -0.139. The van der Waals surface area contributed by atoms with Gasteiger partial charge >= 0.3 is 5.97 Å². The minimum atomic E-state index is -0.921. The highest BCUT2D eigenvalue weighted by molar-refractivity contribution is 6.43. The Kier molecular flexibility index (Phi) is 4.59. The first-order valence-corrected chi connectivity index (χ1v) is 6.56. The topological polar surface area (TPSA) is 80.0 Å². The lowest BCUT2D eigenvalue weighted by Gasteiger charge is -2.06. The monoisotopic (exact) mass is 314 g/mol. The number of carboxylic acids is 1. The van der Waals surface area contributed by atoms with E-state index in [1.807, 2.05) is 0 Å². The molecule has 0 bridgehead atoms. The third-order valence-corrected chi connectivity index (χ3v) is 3.49. The first-order valence-electron chi connectivity index (χ1n) is 5.81. The number of rotatable bonds is 5. The second kappa shape index (κ2) is 6.21. The molecule has 2 rings (SSSR count). The van der Waals surface area contributed by atoms with E-state index in [0.717, 1.165) is 0 Å². The predicted octanol–water partition coefficient (Wildman–Crippen LogP) is 2.14. The van der Waals surface area contributed by atoms with Gasteiger partial charge in [-0.05, 0) is 19.1 Å². The molecule has 0 spiro atoms. The first-order chi connectivity index (χ1) is 9.49. The van der Waals surface area contributed by atoms with E-state index in [0.29, 0.717) is 28.0 Å². The Labute approximate surface area is 125 Å². The predicted molar refractivity (Wildman–Crippen MR) is 75.3 cm³/mol. The summed E-state index contributed by atoms with van der Waals surface area (Å²) in [4.78, 5) is 10.7. The zero-order valence-electron chi connectivity index (χ0n) is 10.5. The molecule has 2 aromatic rings. The van der Waals surface area contributed by atoms with Gasteiger partial charge in [0.2, 0.25) is 0 Å². The Balaban J connectivity index is 2.13. The number of hydrogen-bond donors (Lipinski definition) is 2. The van der Waals surface area contributed by atoms with Crippen molar-refractivity contribution in [2.75, 3.05) is 0 Å². The molecular weight excluding hydrogens is 303 g/mol. The summed E-state index contributed by atoms with van der Waals surface area (Å²) in [7, 11) is 0. The normalized spacial score (nSPS) is 12.3. The van der Waals surface area contributed by atoms with E-state index in [-0.39, 0.29) is 0 Å². The van der Waals surface area contributed by atoms with Crippen LogP contribution < -0.4 is 5.32 Å². The van der Waals surface area contributed by atoms with Crippen molar-refractivity contribution in [3.63, 3.8) is 0 Å².